The van der Waals surface area contributed by atoms with Crippen LogP contribution in [0.2, 0.25) is 0 Å². The van der Waals surface area contributed by atoms with Gasteiger partial charge >= 0.3 is 5.97 Å². The summed E-state index contributed by atoms with van der Waals surface area (Å²) in [6.07, 6.45) is -0.242. The van der Waals surface area contributed by atoms with Crippen LogP contribution >= 0.6 is 11.3 Å². The lowest BCUT2D eigenvalue weighted by Crippen LogP contribution is -2.48. The van der Waals surface area contributed by atoms with Gasteiger partial charge in [0.15, 0.2) is 6.10 Å². The van der Waals surface area contributed by atoms with E-state index >= 15 is 0 Å². The maximum absolute atomic E-state index is 13.0. The maximum atomic E-state index is 13.0. The van der Waals surface area contributed by atoms with Crippen LogP contribution in [0, 0.1) is 6.92 Å². The molecule has 0 bridgehead atoms. The number of esters is 1. The van der Waals surface area contributed by atoms with Crippen molar-refractivity contribution in [3.8, 4) is 5.75 Å². The van der Waals surface area contributed by atoms with Crippen LogP contribution in [0.1, 0.15) is 41.6 Å². The number of anilines is 2. The van der Waals surface area contributed by atoms with Crippen molar-refractivity contribution in [3.05, 3.63) is 40.3 Å². The van der Waals surface area contributed by atoms with Gasteiger partial charge in [0.05, 0.1) is 24.4 Å². The second kappa shape index (κ2) is 8.65. The molecule has 0 saturated heterocycles. The topological polar surface area (TPSA) is 84.9 Å². The average Bonchev–Trinajstić information content (AvgIpc) is 3.01. The Balaban J connectivity index is 1.88. The Kier molecular flexibility index (Phi) is 6.22. The van der Waals surface area contributed by atoms with E-state index in [9.17, 15) is 14.4 Å². The molecular weight excluding hydrogens is 392 g/mol. The molecule has 1 unspecified atom stereocenters. The number of nitrogens with zero attached hydrogens (tertiary/aromatic N) is 1. The van der Waals surface area contributed by atoms with E-state index in [2.05, 4.69) is 5.32 Å². The summed E-state index contributed by atoms with van der Waals surface area (Å²) in [5.41, 5.74) is 1.89. The van der Waals surface area contributed by atoms with E-state index in [4.69, 9.17) is 9.47 Å². The number of fused-ring (bicyclic) bond motifs is 1. The molecule has 2 amide bonds. The summed E-state index contributed by atoms with van der Waals surface area (Å²) in [6, 6.07) is 7.09. The minimum atomic E-state index is -0.892. The van der Waals surface area contributed by atoms with Crippen molar-refractivity contribution >= 4 is 39.8 Å². The smallest absolute Gasteiger partial charge is 0.341 e. The molecule has 0 aliphatic carbocycles. The molecule has 2 aromatic rings. The van der Waals surface area contributed by atoms with Crippen LogP contribution in [0.4, 0.5) is 10.7 Å². The molecule has 1 aliphatic heterocycles. The van der Waals surface area contributed by atoms with Crippen molar-refractivity contribution in [1.29, 1.82) is 0 Å². The summed E-state index contributed by atoms with van der Waals surface area (Å²) in [6.45, 7) is 7.40. The van der Waals surface area contributed by atoms with Crippen LogP contribution < -0.4 is 15.0 Å². The lowest BCUT2D eigenvalue weighted by molar-refractivity contribution is -0.123. The molecule has 154 valence electrons. The summed E-state index contributed by atoms with van der Waals surface area (Å²) < 4.78 is 11.0. The van der Waals surface area contributed by atoms with Crippen molar-refractivity contribution in [2.45, 2.75) is 40.2 Å². The molecule has 0 saturated carbocycles. The van der Waals surface area contributed by atoms with Crippen molar-refractivity contribution < 1.29 is 23.9 Å². The Bertz CT molecular complexity index is 953. The van der Waals surface area contributed by atoms with Crippen LogP contribution in [0.25, 0.3) is 0 Å². The van der Waals surface area contributed by atoms with Gasteiger partial charge in [-0.1, -0.05) is 19.1 Å². The first kappa shape index (κ1) is 20.9. The third kappa shape index (κ3) is 4.12. The summed E-state index contributed by atoms with van der Waals surface area (Å²) in [7, 11) is 0. The molecule has 7 nitrogen and oxygen atoms in total. The Morgan fingerprint density at radius 3 is 2.66 bits per heavy atom. The van der Waals surface area contributed by atoms with E-state index in [1.807, 2.05) is 19.9 Å². The van der Waals surface area contributed by atoms with E-state index in [-0.39, 0.29) is 19.1 Å². The lowest BCUT2D eigenvalue weighted by atomic mass is 10.1. The molecule has 0 spiro atoms. The predicted molar refractivity (Wildman–Crippen MR) is 112 cm³/mol. The van der Waals surface area contributed by atoms with Crippen molar-refractivity contribution in [3.63, 3.8) is 0 Å². The molecule has 0 fully saturated rings. The number of rotatable bonds is 5. The van der Waals surface area contributed by atoms with Crippen molar-refractivity contribution in [1.82, 2.24) is 0 Å². The second-order valence-electron chi connectivity index (χ2n) is 6.61. The molecule has 8 heteroatoms. The minimum absolute atomic E-state index is 0.0952. The van der Waals surface area contributed by atoms with E-state index in [1.165, 1.54) is 23.2 Å². The van der Waals surface area contributed by atoms with Gasteiger partial charge in [-0.05, 0) is 38.0 Å². The van der Waals surface area contributed by atoms with E-state index < -0.39 is 18.0 Å². The zero-order chi connectivity index (χ0) is 21.1. The number of thiophene rings is 1. The average molecular weight is 416 g/mol. The first-order valence-electron chi connectivity index (χ1n) is 9.51. The molecular formula is C21H24N2O5S. The first-order chi connectivity index (χ1) is 13.9. The van der Waals surface area contributed by atoms with Gasteiger partial charge in [0, 0.05) is 11.8 Å². The highest BCUT2D eigenvalue weighted by molar-refractivity contribution is 7.16. The number of para-hydroxylation sites is 2. The van der Waals surface area contributed by atoms with Crippen LogP contribution in [-0.2, 0) is 20.7 Å². The zero-order valence-corrected chi connectivity index (χ0v) is 17.7. The molecule has 1 aliphatic rings. The Labute approximate surface area is 173 Å². The zero-order valence-electron chi connectivity index (χ0n) is 16.9. The molecule has 3 rings (SSSR count). The molecule has 29 heavy (non-hydrogen) atoms. The highest BCUT2D eigenvalue weighted by Gasteiger charge is 2.34. The fourth-order valence-corrected chi connectivity index (χ4v) is 4.51. The number of amides is 2. The summed E-state index contributed by atoms with van der Waals surface area (Å²) in [4.78, 5) is 40.0. The number of hydrogen-bond acceptors (Lipinski definition) is 6. The molecule has 1 aromatic heterocycles. The second-order valence-corrected chi connectivity index (χ2v) is 7.83. The van der Waals surface area contributed by atoms with Gasteiger partial charge in [0.2, 0.25) is 5.91 Å². The van der Waals surface area contributed by atoms with Crippen LogP contribution in [0.5, 0.6) is 5.75 Å². The summed E-state index contributed by atoms with van der Waals surface area (Å²) in [5.74, 6) is -0.577. The van der Waals surface area contributed by atoms with Gasteiger partial charge in [0.1, 0.15) is 10.8 Å². The van der Waals surface area contributed by atoms with Crippen molar-refractivity contribution in [2.75, 3.05) is 23.4 Å². The van der Waals surface area contributed by atoms with E-state index in [0.29, 0.717) is 28.4 Å². The SMILES string of the molecule is CCOC(=O)c1c(NC(=O)C2CN(C(C)=O)c3ccccc3O2)sc(C)c1CC. The van der Waals surface area contributed by atoms with Crippen LogP contribution in [0.3, 0.4) is 0 Å². The molecule has 0 radical (unpaired) electrons. The highest BCUT2D eigenvalue weighted by Crippen LogP contribution is 2.36. The van der Waals surface area contributed by atoms with Gasteiger partial charge < -0.3 is 19.7 Å². The lowest BCUT2D eigenvalue weighted by Gasteiger charge is -2.33. The predicted octanol–water partition coefficient (Wildman–Crippen LogP) is 3.55. The van der Waals surface area contributed by atoms with Gasteiger partial charge in [-0.15, -0.1) is 11.3 Å². The van der Waals surface area contributed by atoms with Gasteiger partial charge in [-0.25, -0.2) is 4.79 Å². The normalized spacial score (nSPS) is 15.3. The Morgan fingerprint density at radius 2 is 2.00 bits per heavy atom. The van der Waals surface area contributed by atoms with Gasteiger partial charge in [-0.3, -0.25) is 9.59 Å². The standard InChI is InChI=1S/C21H24N2O5S/c1-5-14-12(3)29-20(18(14)21(26)27-6-2)22-19(25)17-11-23(13(4)24)15-9-7-8-10-16(15)28-17/h7-10,17H,5-6,11H2,1-4H3,(H,22,25). The van der Waals surface area contributed by atoms with Gasteiger partial charge in [-0.2, -0.15) is 0 Å². The Morgan fingerprint density at radius 1 is 1.28 bits per heavy atom. The number of hydrogen-bond donors (Lipinski definition) is 1. The summed E-state index contributed by atoms with van der Waals surface area (Å²) in [5, 5.41) is 3.27. The number of aryl methyl sites for hydroxylation is 1. The number of ether oxygens (including phenoxy) is 2. The fraction of sp³-hybridized carbons (Fsp3) is 0.381. The molecule has 1 aromatic carbocycles. The van der Waals surface area contributed by atoms with Crippen molar-refractivity contribution in [2.24, 2.45) is 0 Å². The largest absolute Gasteiger partial charge is 0.476 e. The molecule has 1 atom stereocenters. The fourth-order valence-electron chi connectivity index (χ4n) is 3.37. The Hall–Kier alpha value is -2.87. The summed E-state index contributed by atoms with van der Waals surface area (Å²) >= 11 is 1.34. The maximum Gasteiger partial charge on any atom is 0.341 e. The third-order valence-corrected chi connectivity index (χ3v) is 5.79. The molecule has 2 heterocycles. The quantitative estimate of drug-likeness (QED) is 0.754. The molecule has 1 N–H and O–H groups in total. The number of carbonyl (C=O) groups is 3. The monoisotopic (exact) mass is 416 g/mol. The minimum Gasteiger partial charge on any atom is -0.476 e. The number of benzene rings is 1. The number of carbonyl (C=O) groups excluding carboxylic acids is 3. The highest BCUT2D eigenvalue weighted by atomic mass is 32.1. The van der Waals surface area contributed by atoms with E-state index in [1.54, 1.807) is 25.1 Å². The van der Waals surface area contributed by atoms with Crippen LogP contribution in [-0.4, -0.2) is 37.0 Å². The van der Waals surface area contributed by atoms with E-state index in [0.717, 1.165) is 10.4 Å². The van der Waals surface area contributed by atoms with Crippen LogP contribution in [0.15, 0.2) is 24.3 Å². The van der Waals surface area contributed by atoms with Gasteiger partial charge in [0.25, 0.3) is 5.91 Å². The first-order valence-corrected chi connectivity index (χ1v) is 10.3. The third-order valence-electron chi connectivity index (χ3n) is 4.73. The number of nitrogens with one attached hydrogen (secondary N) is 1.